The van der Waals surface area contributed by atoms with Crippen LogP contribution in [0.15, 0.2) is 48.8 Å². The highest BCUT2D eigenvalue weighted by Gasteiger charge is 2.38. The van der Waals surface area contributed by atoms with Crippen molar-refractivity contribution in [3.8, 4) is 0 Å². The Kier molecular flexibility index (Phi) is 5.99. The summed E-state index contributed by atoms with van der Waals surface area (Å²) < 4.78 is 5.64. The molecule has 0 spiro atoms. The maximum Gasteiger partial charge on any atom is 0.0970 e. The molecule has 1 nitrogen and oxygen atoms in total. The molecule has 124 valence electrons. The summed E-state index contributed by atoms with van der Waals surface area (Å²) in [6.45, 7) is 0.867. The van der Waals surface area contributed by atoms with E-state index in [-0.39, 0.29) is 5.41 Å². The lowest BCUT2D eigenvalue weighted by atomic mass is 9.69. The maximum atomic E-state index is 5.64. The van der Waals surface area contributed by atoms with Gasteiger partial charge in [-0.05, 0) is 68.1 Å². The van der Waals surface area contributed by atoms with Crippen molar-refractivity contribution in [3.05, 3.63) is 59.9 Å². The quantitative estimate of drug-likeness (QED) is 0.430. The molecule has 1 aliphatic carbocycles. The molecule has 3 rings (SSSR count). The second kappa shape index (κ2) is 8.19. The van der Waals surface area contributed by atoms with E-state index in [1.165, 1.54) is 49.7 Å². The highest BCUT2D eigenvalue weighted by atomic mass is 79.9. The van der Waals surface area contributed by atoms with E-state index in [2.05, 4.69) is 58.4 Å². The number of alkyl halides is 1. The van der Waals surface area contributed by atoms with E-state index < -0.39 is 0 Å². The van der Waals surface area contributed by atoms with Crippen molar-refractivity contribution in [1.29, 1.82) is 0 Å². The normalized spacial score (nSPS) is 26.4. The summed E-state index contributed by atoms with van der Waals surface area (Å²) in [6.07, 6.45) is 17.7. The minimum atomic E-state index is 0.243. The zero-order valence-electron chi connectivity index (χ0n) is 13.8. The van der Waals surface area contributed by atoms with E-state index in [1.54, 1.807) is 0 Å². The third-order valence-corrected chi connectivity index (χ3v) is 5.75. The van der Waals surface area contributed by atoms with Gasteiger partial charge in [-0.2, -0.15) is 0 Å². The van der Waals surface area contributed by atoms with Crippen LogP contribution in [0.5, 0.6) is 0 Å². The fourth-order valence-electron chi connectivity index (χ4n) is 3.90. The molecule has 0 amide bonds. The monoisotopic (exact) mass is 374 g/mol. The molecule has 1 heterocycles. The first-order valence-corrected chi connectivity index (χ1v) is 10.0. The lowest BCUT2D eigenvalue weighted by Gasteiger charge is -2.35. The Morgan fingerprint density at radius 1 is 1.13 bits per heavy atom. The third-order valence-electron chi connectivity index (χ3n) is 5.35. The first-order chi connectivity index (χ1) is 11.3. The standard InChI is InChI=1S/C21H27BrO/c22-15-12-19-10-8-18(9-11-19)5-4-13-21(14-16-23-17-21)20-6-2-1-3-7-20/h2,6,8-11,14,16,20H,1,3-5,7,12-13,15,17H2. The molecule has 2 heteroatoms. The Bertz CT molecular complexity index is 545. The average Bonchev–Trinajstić information content (AvgIpc) is 3.08. The molecule has 1 aliphatic heterocycles. The second-order valence-electron chi connectivity index (χ2n) is 6.92. The Morgan fingerprint density at radius 3 is 2.52 bits per heavy atom. The predicted molar refractivity (Wildman–Crippen MR) is 101 cm³/mol. The van der Waals surface area contributed by atoms with Crippen LogP contribution in [0.3, 0.4) is 0 Å². The lowest BCUT2D eigenvalue weighted by molar-refractivity contribution is 0.129. The lowest BCUT2D eigenvalue weighted by Crippen LogP contribution is -2.30. The number of aryl methyl sites for hydroxylation is 2. The average molecular weight is 375 g/mol. The van der Waals surface area contributed by atoms with Crippen LogP contribution < -0.4 is 0 Å². The molecule has 0 N–H and O–H groups in total. The van der Waals surface area contributed by atoms with Gasteiger partial charge < -0.3 is 4.74 Å². The fourth-order valence-corrected chi connectivity index (χ4v) is 4.36. The van der Waals surface area contributed by atoms with Crippen LogP contribution in [0, 0.1) is 11.3 Å². The fraction of sp³-hybridized carbons (Fsp3) is 0.524. The summed E-state index contributed by atoms with van der Waals surface area (Å²) in [6, 6.07) is 9.14. The van der Waals surface area contributed by atoms with Crippen molar-refractivity contribution in [2.24, 2.45) is 11.3 Å². The zero-order valence-corrected chi connectivity index (χ0v) is 15.4. The number of rotatable bonds is 7. The maximum absolute atomic E-state index is 5.64. The molecule has 2 unspecified atom stereocenters. The molecule has 1 aromatic rings. The Hall–Kier alpha value is -1.02. The summed E-state index contributed by atoms with van der Waals surface area (Å²) in [4.78, 5) is 0. The summed E-state index contributed by atoms with van der Waals surface area (Å²) in [7, 11) is 0. The first-order valence-electron chi connectivity index (χ1n) is 8.92. The number of hydrogen-bond donors (Lipinski definition) is 0. The van der Waals surface area contributed by atoms with Gasteiger partial charge in [0.25, 0.3) is 0 Å². The summed E-state index contributed by atoms with van der Waals surface area (Å²) in [5.41, 5.74) is 3.12. The van der Waals surface area contributed by atoms with Crippen molar-refractivity contribution in [2.45, 2.75) is 44.9 Å². The van der Waals surface area contributed by atoms with Crippen molar-refractivity contribution in [3.63, 3.8) is 0 Å². The molecule has 1 aromatic carbocycles. The third kappa shape index (κ3) is 4.29. The van der Waals surface area contributed by atoms with Crippen LogP contribution in [0.1, 0.15) is 43.2 Å². The van der Waals surface area contributed by atoms with Gasteiger partial charge in [-0.3, -0.25) is 0 Å². The highest BCUT2D eigenvalue weighted by molar-refractivity contribution is 9.09. The molecular weight excluding hydrogens is 348 g/mol. The molecule has 23 heavy (non-hydrogen) atoms. The molecule has 2 atom stereocenters. The van der Waals surface area contributed by atoms with Crippen molar-refractivity contribution >= 4 is 15.9 Å². The van der Waals surface area contributed by atoms with Crippen molar-refractivity contribution in [1.82, 2.24) is 0 Å². The number of hydrogen-bond acceptors (Lipinski definition) is 1. The Balaban J connectivity index is 1.56. The van der Waals surface area contributed by atoms with Gasteiger partial charge in [0, 0.05) is 10.7 Å². The Morgan fingerprint density at radius 2 is 1.91 bits per heavy atom. The van der Waals surface area contributed by atoms with Crippen molar-refractivity contribution < 1.29 is 4.74 Å². The number of benzene rings is 1. The van der Waals surface area contributed by atoms with Crippen LogP contribution in [0.2, 0.25) is 0 Å². The van der Waals surface area contributed by atoms with Gasteiger partial charge in [0.05, 0.1) is 12.9 Å². The van der Waals surface area contributed by atoms with Gasteiger partial charge in [-0.25, -0.2) is 0 Å². The molecule has 0 fully saturated rings. The van der Waals surface area contributed by atoms with E-state index >= 15 is 0 Å². The van der Waals surface area contributed by atoms with Gasteiger partial charge >= 0.3 is 0 Å². The van der Waals surface area contributed by atoms with Gasteiger partial charge in [-0.15, -0.1) is 0 Å². The number of allylic oxidation sites excluding steroid dienone is 2. The van der Waals surface area contributed by atoms with Crippen LogP contribution >= 0.6 is 15.9 Å². The molecule has 0 radical (unpaired) electrons. The molecule has 2 aliphatic rings. The van der Waals surface area contributed by atoms with E-state index in [1.807, 2.05) is 6.26 Å². The molecule has 0 saturated heterocycles. The van der Waals surface area contributed by atoms with E-state index in [9.17, 15) is 0 Å². The van der Waals surface area contributed by atoms with Crippen molar-refractivity contribution in [2.75, 3.05) is 11.9 Å². The minimum Gasteiger partial charge on any atom is -0.501 e. The molecule has 0 saturated carbocycles. The zero-order chi connectivity index (χ0) is 16.0. The summed E-state index contributed by atoms with van der Waals surface area (Å²) in [5.74, 6) is 0.663. The number of halogens is 1. The number of ether oxygens (including phenoxy) is 1. The van der Waals surface area contributed by atoms with Gasteiger partial charge in [0.2, 0.25) is 0 Å². The van der Waals surface area contributed by atoms with Crippen LogP contribution in [0.25, 0.3) is 0 Å². The smallest absolute Gasteiger partial charge is 0.0970 e. The minimum absolute atomic E-state index is 0.243. The summed E-state index contributed by atoms with van der Waals surface area (Å²) in [5, 5.41) is 1.04. The predicted octanol–water partition coefficient (Wildman–Crippen LogP) is 5.83. The van der Waals surface area contributed by atoms with E-state index in [0.717, 1.165) is 18.4 Å². The molecular formula is C21H27BrO. The van der Waals surface area contributed by atoms with Crippen LogP contribution in [-0.2, 0) is 17.6 Å². The van der Waals surface area contributed by atoms with Crippen LogP contribution in [0.4, 0.5) is 0 Å². The van der Waals surface area contributed by atoms with E-state index in [0.29, 0.717) is 5.92 Å². The molecule has 0 aromatic heterocycles. The second-order valence-corrected chi connectivity index (χ2v) is 7.71. The largest absolute Gasteiger partial charge is 0.501 e. The highest BCUT2D eigenvalue weighted by Crippen LogP contribution is 2.43. The Labute approximate surface area is 148 Å². The summed E-state index contributed by atoms with van der Waals surface area (Å²) >= 11 is 3.50. The van der Waals surface area contributed by atoms with Gasteiger partial charge in [0.15, 0.2) is 0 Å². The SMILES string of the molecule is BrCCc1ccc(CCCC2(C3C=CCCC3)C=COC2)cc1. The van der Waals surface area contributed by atoms with Gasteiger partial charge in [-0.1, -0.05) is 52.3 Å². The molecule has 0 bridgehead atoms. The van der Waals surface area contributed by atoms with Gasteiger partial charge in [0.1, 0.15) is 0 Å². The first kappa shape index (κ1) is 16.8. The van der Waals surface area contributed by atoms with E-state index in [4.69, 9.17) is 4.74 Å². The topological polar surface area (TPSA) is 9.23 Å². The van der Waals surface area contributed by atoms with Crippen LogP contribution in [-0.4, -0.2) is 11.9 Å².